The van der Waals surface area contributed by atoms with Gasteiger partial charge in [0.2, 0.25) is 0 Å². The maximum absolute atomic E-state index is 11.0. The second kappa shape index (κ2) is 9.29. The van der Waals surface area contributed by atoms with E-state index in [0.29, 0.717) is 17.8 Å². The number of pyridine rings is 1. The first kappa shape index (κ1) is 28.9. The molecule has 3 fully saturated rings. The molecule has 52 heavy (non-hydrogen) atoms. The number of rotatable bonds is 1. The summed E-state index contributed by atoms with van der Waals surface area (Å²) in [6.45, 7) is 7.35. The Morgan fingerprint density at radius 2 is 1.60 bits per heavy atom. The molecule has 4 aromatic carbocycles. The van der Waals surface area contributed by atoms with Crippen LogP contribution < -0.4 is 0 Å². The van der Waals surface area contributed by atoms with Crippen LogP contribution in [0.2, 0.25) is 0 Å². The van der Waals surface area contributed by atoms with Crippen molar-refractivity contribution in [3.8, 4) is 6.07 Å². The number of benzene rings is 4. The number of aromatic nitrogens is 2. The van der Waals surface area contributed by atoms with E-state index < -0.39 is 0 Å². The summed E-state index contributed by atoms with van der Waals surface area (Å²) in [7, 11) is 0. The quantitative estimate of drug-likeness (QED) is 0.128. The average Bonchev–Trinajstić information content (AvgIpc) is 3.44. The molecule has 0 radical (unpaired) electrons. The fourth-order valence-corrected chi connectivity index (χ4v) is 14.0. The van der Waals surface area contributed by atoms with Gasteiger partial charge in [-0.25, -0.2) is 0 Å². The number of fused-ring (bicyclic) bond motifs is 12. The molecule has 15 rings (SSSR count). The molecule has 0 saturated heterocycles. The van der Waals surface area contributed by atoms with E-state index in [4.69, 9.17) is 9.40 Å². The molecule has 7 aliphatic carbocycles. The van der Waals surface area contributed by atoms with Gasteiger partial charge in [-0.2, -0.15) is 5.26 Å². The third-order valence-corrected chi connectivity index (χ3v) is 16.0. The third kappa shape index (κ3) is 3.19. The van der Waals surface area contributed by atoms with Crippen LogP contribution in [0.1, 0.15) is 125 Å². The number of nitriles is 1. The van der Waals surface area contributed by atoms with Crippen molar-refractivity contribution in [3.05, 3.63) is 82.7 Å². The Labute approximate surface area is 303 Å². The van der Waals surface area contributed by atoms with E-state index in [-0.39, 0.29) is 10.8 Å². The van der Waals surface area contributed by atoms with E-state index >= 15 is 0 Å². The largest absolute Gasteiger partial charge is 0.456 e. The lowest BCUT2D eigenvalue weighted by molar-refractivity contribution is 0.165. The van der Waals surface area contributed by atoms with E-state index in [2.05, 4.69) is 86.0 Å². The highest BCUT2D eigenvalue weighted by Crippen LogP contribution is 2.62. The second-order valence-electron chi connectivity index (χ2n) is 18.6. The van der Waals surface area contributed by atoms with Crippen LogP contribution in [0, 0.1) is 29.1 Å². The maximum Gasteiger partial charge on any atom is 0.136 e. The molecule has 4 atom stereocenters. The van der Waals surface area contributed by atoms with Gasteiger partial charge in [-0.3, -0.25) is 4.98 Å². The van der Waals surface area contributed by atoms with Gasteiger partial charge in [0, 0.05) is 43.9 Å². The predicted molar refractivity (Wildman–Crippen MR) is 211 cm³/mol. The highest BCUT2D eigenvalue weighted by atomic mass is 16.3. The number of hydrogen-bond donors (Lipinski definition) is 0. The summed E-state index contributed by atoms with van der Waals surface area (Å²) in [6, 6.07) is 20.8. The van der Waals surface area contributed by atoms with Crippen LogP contribution in [0.3, 0.4) is 0 Å². The number of hydrogen-bond acceptors (Lipinski definition) is 3. The molecule has 4 heteroatoms. The van der Waals surface area contributed by atoms with E-state index in [1.807, 2.05) is 0 Å². The molecule has 0 N–H and O–H groups in total. The molecule has 6 bridgehead atoms. The third-order valence-electron chi connectivity index (χ3n) is 16.0. The molecule has 3 saturated carbocycles. The van der Waals surface area contributed by atoms with Crippen molar-refractivity contribution in [1.29, 1.82) is 5.26 Å². The van der Waals surface area contributed by atoms with Crippen LogP contribution >= 0.6 is 0 Å². The zero-order valence-corrected chi connectivity index (χ0v) is 30.4. The van der Waals surface area contributed by atoms with Gasteiger partial charge in [0.25, 0.3) is 0 Å². The molecule has 0 spiro atoms. The van der Waals surface area contributed by atoms with Gasteiger partial charge >= 0.3 is 0 Å². The van der Waals surface area contributed by atoms with Gasteiger partial charge in [-0.1, -0.05) is 57.5 Å². The normalized spacial score (nSPS) is 29.4. The van der Waals surface area contributed by atoms with Gasteiger partial charge in [-0.05, 0) is 138 Å². The van der Waals surface area contributed by atoms with Crippen LogP contribution in [0.5, 0.6) is 0 Å². The van der Waals surface area contributed by atoms with Gasteiger partial charge in [0.15, 0.2) is 0 Å². The molecule has 8 aromatic rings. The summed E-state index contributed by atoms with van der Waals surface area (Å²) in [5, 5.41) is 21.5. The van der Waals surface area contributed by atoms with Gasteiger partial charge in [0.05, 0.1) is 34.4 Å². The summed E-state index contributed by atoms with van der Waals surface area (Å²) < 4.78 is 9.71. The monoisotopic (exact) mass is 677 g/mol. The first-order chi connectivity index (χ1) is 25.4. The Hall–Kier alpha value is -4.62. The van der Waals surface area contributed by atoms with E-state index in [1.54, 1.807) is 5.56 Å². The van der Waals surface area contributed by atoms with Crippen LogP contribution in [-0.2, 0) is 10.8 Å². The van der Waals surface area contributed by atoms with Crippen molar-refractivity contribution >= 4 is 70.8 Å². The van der Waals surface area contributed by atoms with Crippen molar-refractivity contribution < 1.29 is 4.42 Å². The second-order valence-corrected chi connectivity index (χ2v) is 18.6. The van der Waals surface area contributed by atoms with Crippen LogP contribution in [0.4, 0.5) is 0 Å². The van der Waals surface area contributed by atoms with Crippen molar-refractivity contribution in [2.75, 3.05) is 0 Å². The molecular weight excluding hydrogens is 635 g/mol. The Morgan fingerprint density at radius 3 is 2.40 bits per heavy atom. The van der Waals surface area contributed by atoms with Crippen molar-refractivity contribution in [2.45, 2.75) is 108 Å². The Balaban J connectivity index is 1.33. The van der Waals surface area contributed by atoms with Gasteiger partial charge in [0.1, 0.15) is 11.2 Å². The Morgan fingerprint density at radius 1 is 0.788 bits per heavy atom. The molecule has 0 amide bonds. The molecule has 4 unspecified atom stereocenters. The zero-order chi connectivity index (χ0) is 34.4. The van der Waals surface area contributed by atoms with Crippen molar-refractivity contribution in [3.63, 3.8) is 0 Å². The first-order valence-corrected chi connectivity index (χ1v) is 20.2. The predicted octanol–water partition coefficient (Wildman–Crippen LogP) is 12.7. The van der Waals surface area contributed by atoms with E-state index in [0.717, 1.165) is 41.4 Å². The van der Waals surface area contributed by atoms with Crippen molar-refractivity contribution in [2.24, 2.45) is 17.8 Å². The minimum atomic E-state index is 0.0131. The first-order valence-electron chi connectivity index (χ1n) is 20.2. The SMILES string of the molecule is CC(C)C12CCCC(C)(CC1)c1c(C#N)cc3c(c12)c1cc2oc4cccc5cccc(c54)c2c2c4c5c(ncc4n3c12)C1CC2CC(C1)CC5C2. The van der Waals surface area contributed by atoms with Crippen LogP contribution in [-0.4, -0.2) is 9.38 Å². The zero-order valence-electron chi connectivity index (χ0n) is 30.4. The summed E-state index contributed by atoms with van der Waals surface area (Å²) >= 11 is 0. The molecule has 7 aliphatic rings. The standard InChI is InChI=1S/C48H43N3O/c1-24(2)48-12-6-11-47(3,13-14-48)43-30(22-49)20-33-39(44(43)48)32-21-36-40(31-9-4-7-27-8-5-10-35(52-36)37(27)31)42-41-34(51(33)46(32)42)23-50-45-29-18-25-15-26(19-29)17-28(16-25)38(41)45/h4-5,7-10,20-21,23-26,28-29H,6,11-19H2,1-3H3. The summed E-state index contributed by atoms with van der Waals surface area (Å²) in [6.07, 6.45) is 14.7. The molecule has 4 nitrogen and oxygen atoms in total. The van der Waals surface area contributed by atoms with Gasteiger partial charge < -0.3 is 8.82 Å². The summed E-state index contributed by atoms with van der Waals surface area (Å²) in [5.74, 6) is 3.22. The minimum Gasteiger partial charge on any atom is -0.456 e. The summed E-state index contributed by atoms with van der Waals surface area (Å²) in [4.78, 5) is 5.51. The molecule has 4 aromatic heterocycles. The Bertz CT molecular complexity index is 2950. The fourth-order valence-electron chi connectivity index (χ4n) is 14.0. The molecule has 0 aliphatic heterocycles. The molecule has 4 heterocycles. The maximum atomic E-state index is 11.0. The van der Waals surface area contributed by atoms with Crippen molar-refractivity contribution in [1.82, 2.24) is 9.38 Å². The molecular formula is C48H43N3O. The number of nitrogens with zero attached hydrogens (tertiary/aromatic N) is 3. The fraction of sp³-hybridized carbons (Fsp3) is 0.417. The molecule has 256 valence electrons. The van der Waals surface area contributed by atoms with E-state index in [1.165, 1.54) is 128 Å². The van der Waals surface area contributed by atoms with Gasteiger partial charge in [-0.15, -0.1) is 0 Å². The van der Waals surface area contributed by atoms with Crippen LogP contribution in [0.15, 0.2) is 59.1 Å². The van der Waals surface area contributed by atoms with E-state index in [9.17, 15) is 5.26 Å². The lowest BCUT2D eigenvalue weighted by Gasteiger charge is -2.47. The lowest BCUT2D eigenvalue weighted by atomic mass is 9.57. The lowest BCUT2D eigenvalue weighted by Crippen LogP contribution is -2.40. The smallest absolute Gasteiger partial charge is 0.136 e. The Kier molecular flexibility index (Phi) is 5.17. The highest BCUT2D eigenvalue weighted by Gasteiger charge is 2.52. The highest BCUT2D eigenvalue weighted by molar-refractivity contribution is 6.37. The van der Waals surface area contributed by atoms with Crippen LogP contribution in [0.25, 0.3) is 70.8 Å². The minimum absolute atomic E-state index is 0.0131. The average molecular weight is 678 g/mol. The summed E-state index contributed by atoms with van der Waals surface area (Å²) in [5.41, 5.74) is 12.4. The topological polar surface area (TPSA) is 54.2 Å².